The summed E-state index contributed by atoms with van der Waals surface area (Å²) in [4.78, 5) is 0. The average Bonchev–Trinajstić information content (AvgIpc) is 2.70. The first kappa shape index (κ1) is 14.0. The van der Waals surface area contributed by atoms with Crippen molar-refractivity contribution in [2.24, 2.45) is 0 Å². The molecule has 2 aliphatic rings. The van der Waals surface area contributed by atoms with Crippen LogP contribution < -0.4 is 0 Å². The van der Waals surface area contributed by atoms with Crippen LogP contribution in [0.25, 0.3) is 0 Å². The molecule has 1 aliphatic carbocycles. The van der Waals surface area contributed by atoms with Gasteiger partial charge in [-0.25, -0.2) is 0 Å². The van der Waals surface area contributed by atoms with E-state index in [-0.39, 0.29) is 6.29 Å². The van der Waals surface area contributed by atoms with Crippen LogP contribution >= 0.6 is 0 Å². The highest BCUT2D eigenvalue weighted by molar-refractivity contribution is 5.16. The number of ether oxygens (including phenoxy) is 2. The molecule has 1 fully saturated rings. The SMILES string of the molecule is CC1=CC(O)(CCCCOC2CCCCO2)CC1. The molecule has 0 aromatic heterocycles. The molecule has 3 heteroatoms. The molecule has 1 saturated heterocycles. The molecular formula is C15H26O3. The van der Waals surface area contributed by atoms with Crippen LogP contribution in [-0.2, 0) is 9.47 Å². The zero-order chi connectivity index (χ0) is 12.8. The van der Waals surface area contributed by atoms with E-state index in [0.717, 1.165) is 51.7 Å². The van der Waals surface area contributed by atoms with Crippen molar-refractivity contribution in [3.8, 4) is 0 Å². The summed E-state index contributed by atoms with van der Waals surface area (Å²) in [5, 5.41) is 10.3. The van der Waals surface area contributed by atoms with Crippen LogP contribution in [0.5, 0.6) is 0 Å². The molecule has 1 aliphatic heterocycles. The lowest BCUT2D eigenvalue weighted by atomic mass is 9.96. The van der Waals surface area contributed by atoms with Gasteiger partial charge < -0.3 is 14.6 Å². The predicted molar refractivity (Wildman–Crippen MR) is 71.3 cm³/mol. The Morgan fingerprint density at radius 2 is 2.33 bits per heavy atom. The number of aliphatic hydroxyl groups is 1. The largest absolute Gasteiger partial charge is 0.386 e. The van der Waals surface area contributed by atoms with Gasteiger partial charge in [-0.05, 0) is 58.3 Å². The van der Waals surface area contributed by atoms with Gasteiger partial charge in [0.1, 0.15) is 0 Å². The first-order chi connectivity index (χ1) is 8.68. The fourth-order valence-corrected chi connectivity index (χ4v) is 2.80. The van der Waals surface area contributed by atoms with E-state index in [4.69, 9.17) is 9.47 Å². The van der Waals surface area contributed by atoms with Crippen LogP contribution in [0.1, 0.15) is 58.3 Å². The second kappa shape index (κ2) is 6.69. The number of rotatable bonds is 6. The fraction of sp³-hybridized carbons (Fsp3) is 0.867. The van der Waals surface area contributed by atoms with E-state index in [1.165, 1.54) is 18.4 Å². The molecule has 0 bridgehead atoms. The molecule has 3 nitrogen and oxygen atoms in total. The molecule has 0 spiro atoms. The fourth-order valence-electron chi connectivity index (χ4n) is 2.80. The van der Waals surface area contributed by atoms with Gasteiger partial charge in [0.25, 0.3) is 0 Å². The van der Waals surface area contributed by atoms with Gasteiger partial charge in [-0.3, -0.25) is 0 Å². The Morgan fingerprint density at radius 3 is 3.00 bits per heavy atom. The van der Waals surface area contributed by atoms with E-state index in [1.807, 2.05) is 6.08 Å². The van der Waals surface area contributed by atoms with Crippen LogP contribution in [0.3, 0.4) is 0 Å². The molecule has 0 saturated carbocycles. The number of hydrogen-bond donors (Lipinski definition) is 1. The first-order valence-electron chi connectivity index (χ1n) is 7.32. The van der Waals surface area contributed by atoms with Gasteiger partial charge in [0, 0.05) is 13.2 Å². The van der Waals surface area contributed by atoms with E-state index >= 15 is 0 Å². The Hall–Kier alpha value is -0.380. The van der Waals surface area contributed by atoms with Crippen molar-refractivity contribution in [1.82, 2.24) is 0 Å². The summed E-state index contributed by atoms with van der Waals surface area (Å²) in [5.41, 5.74) is 0.787. The second-order valence-electron chi connectivity index (χ2n) is 5.72. The van der Waals surface area contributed by atoms with Crippen molar-refractivity contribution in [3.05, 3.63) is 11.6 Å². The maximum atomic E-state index is 10.3. The highest BCUT2D eigenvalue weighted by Crippen LogP contribution is 2.31. The van der Waals surface area contributed by atoms with Gasteiger partial charge in [0.05, 0.1) is 5.60 Å². The quantitative estimate of drug-likeness (QED) is 0.584. The lowest BCUT2D eigenvalue weighted by Gasteiger charge is -2.23. The average molecular weight is 254 g/mol. The van der Waals surface area contributed by atoms with Gasteiger partial charge in [0.2, 0.25) is 0 Å². The maximum Gasteiger partial charge on any atom is 0.157 e. The van der Waals surface area contributed by atoms with Gasteiger partial charge >= 0.3 is 0 Å². The lowest BCUT2D eigenvalue weighted by Crippen LogP contribution is -2.24. The predicted octanol–water partition coefficient (Wildman–Crippen LogP) is 3.17. The Balaban J connectivity index is 1.53. The van der Waals surface area contributed by atoms with E-state index in [9.17, 15) is 5.11 Å². The van der Waals surface area contributed by atoms with Crippen molar-refractivity contribution < 1.29 is 14.6 Å². The van der Waals surface area contributed by atoms with Gasteiger partial charge in [-0.15, -0.1) is 0 Å². The minimum atomic E-state index is -0.536. The normalized spacial score (nSPS) is 32.6. The summed E-state index contributed by atoms with van der Waals surface area (Å²) in [5.74, 6) is 0. The Labute approximate surface area is 110 Å². The van der Waals surface area contributed by atoms with Crippen LogP contribution in [0, 0.1) is 0 Å². The second-order valence-corrected chi connectivity index (χ2v) is 5.72. The molecule has 2 rings (SSSR count). The summed E-state index contributed by atoms with van der Waals surface area (Å²) >= 11 is 0. The standard InChI is InChI=1S/C15H26O3/c1-13-7-9-15(16,12-13)8-3-5-11-18-14-6-2-4-10-17-14/h12,14,16H,2-11H2,1H3. The molecule has 1 N–H and O–H groups in total. The van der Waals surface area contributed by atoms with E-state index in [1.54, 1.807) is 0 Å². The maximum absolute atomic E-state index is 10.3. The zero-order valence-electron chi connectivity index (χ0n) is 11.5. The summed E-state index contributed by atoms with van der Waals surface area (Å²) < 4.78 is 11.2. The number of allylic oxidation sites excluding steroid dienone is 1. The Morgan fingerprint density at radius 1 is 1.44 bits per heavy atom. The van der Waals surface area contributed by atoms with Crippen molar-refractivity contribution in [3.63, 3.8) is 0 Å². The topological polar surface area (TPSA) is 38.7 Å². The van der Waals surface area contributed by atoms with Gasteiger partial charge in [-0.2, -0.15) is 0 Å². The molecular weight excluding hydrogens is 228 g/mol. The molecule has 1 heterocycles. The molecule has 2 unspecified atom stereocenters. The van der Waals surface area contributed by atoms with Crippen molar-refractivity contribution >= 4 is 0 Å². The number of unbranched alkanes of at least 4 members (excludes halogenated alkanes) is 1. The third-order valence-electron chi connectivity index (χ3n) is 3.91. The molecule has 0 aromatic rings. The van der Waals surface area contributed by atoms with Crippen LogP contribution in [0.15, 0.2) is 11.6 Å². The third-order valence-corrected chi connectivity index (χ3v) is 3.91. The summed E-state index contributed by atoms with van der Waals surface area (Å²) in [6.07, 6.45) is 10.3. The zero-order valence-corrected chi connectivity index (χ0v) is 11.5. The van der Waals surface area contributed by atoms with Crippen LogP contribution in [-0.4, -0.2) is 30.2 Å². The van der Waals surface area contributed by atoms with Gasteiger partial charge in [0.15, 0.2) is 6.29 Å². The minimum Gasteiger partial charge on any atom is -0.386 e. The van der Waals surface area contributed by atoms with Crippen molar-refractivity contribution in [1.29, 1.82) is 0 Å². The monoisotopic (exact) mass is 254 g/mol. The van der Waals surface area contributed by atoms with Crippen molar-refractivity contribution in [2.45, 2.75) is 70.2 Å². The Bertz CT molecular complexity index is 281. The third kappa shape index (κ3) is 4.38. The molecule has 0 aromatic carbocycles. The van der Waals surface area contributed by atoms with Crippen LogP contribution in [0.2, 0.25) is 0 Å². The molecule has 0 radical (unpaired) electrons. The van der Waals surface area contributed by atoms with Gasteiger partial charge in [-0.1, -0.05) is 11.6 Å². The van der Waals surface area contributed by atoms with Crippen LogP contribution in [0.4, 0.5) is 0 Å². The molecule has 104 valence electrons. The minimum absolute atomic E-state index is 0.0236. The van der Waals surface area contributed by atoms with E-state index in [2.05, 4.69) is 6.92 Å². The Kier molecular flexibility index (Phi) is 5.22. The first-order valence-corrected chi connectivity index (χ1v) is 7.32. The lowest BCUT2D eigenvalue weighted by molar-refractivity contribution is -0.163. The highest BCUT2D eigenvalue weighted by Gasteiger charge is 2.28. The molecule has 0 amide bonds. The summed E-state index contributed by atoms with van der Waals surface area (Å²) in [7, 11) is 0. The smallest absolute Gasteiger partial charge is 0.157 e. The summed E-state index contributed by atoms with van der Waals surface area (Å²) in [6, 6.07) is 0. The highest BCUT2D eigenvalue weighted by atomic mass is 16.7. The molecule has 2 atom stereocenters. The number of hydrogen-bond acceptors (Lipinski definition) is 3. The summed E-state index contributed by atoms with van der Waals surface area (Å²) in [6.45, 7) is 3.69. The van der Waals surface area contributed by atoms with E-state index < -0.39 is 5.60 Å². The van der Waals surface area contributed by atoms with E-state index in [0.29, 0.717) is 0 Å². The molecule has 18 heavy (non-hydrogen) atoms. The van der Waals surface area contributed by atoms with Crippen molar-refractivity contribution in [2.75, 3.05) is 13.2 Å².